The van der Waals surface area contributed by atoms with E-state index in [2.05, 4.69) is 0 Å². The Morgan fingerprint density at radius 2 is 2.00 bits per heavy atom. The maximum absolute atomic E-state index is 12.0. The van der Waals surface area contributed by atoms with Crippen molar-refractivity contribution in [2.75, 3.05) is 29.7 Å². The van der Waals surface area contributed by atoms with Gasteiger partial charge in [-0.2, -0.15) is 4.31 Å². The number of hydrogen-bond donors (Lipinski definition) is 0. The van der Waals surface area contributed by atoms with E-state index in [9.17, 15) is 16.8 Å². The lowest BCUT2D eigenvalue weighted by Gasteiger charge is -2.32. The van der Waals surface area contributed by atoms with Gasteiger partial charge in [-0.15, -0.1) is 11.6 Å². The van der Waals surface area contributed by atoms with E-state index in [-0.39, 0.29) is 23.8 Å². The highest BCUT2D eigenvalue weighted by Crippen LogP contribution is 2.17. The average Bonchev–Trinajstić information content (AvgIpc) is 2.15. The van der Waals surface area contributed by atoms with E-state index in [1.165, 1.54) is 4.31 Å². The molecule has 0 spiro atoms. The number of rotatable bonds is 5. The summed E-state index contributed by atoms with van der Waals surface area (Å²) >= 11 is 5.49. The van der Waals surface area contributed by atoms with Crippen molar-refractivity contribution in [2.45, 2.75) is 25.8 Å². The number of sulfonamides is 1. The number of alkyl halides is 1. The Morgan fingerprint density at radius 3 is 2.53 bits per heavy atom. The summed E-state index contributed by atoms with van der Waals surface area (Å²) in [5, 5.41) is 0. The van der Waals surface area contributed by atoms with E-state index in [0.717, 1.165) is 0 Å². The lowest BCUT2D eigenvalue weighted by Crippen LogP contribution is -2.50. The number of nitrogens with zero attached hydrogens (tertiary/aromatic N) is 1. The van der Waals surface area contributed by atoms with Crippen LogP contribution in [0.3, 0.4) is 0 Å². The molecule has 1 unspecified atom stereocenters. The largest absolute Gasteiger partial charge is 0.229 e. The Kier molecular flexibility index (Phi) is 5.24. The van der Waals surface area contributed by atoms with Gasteiger partial charge in [0.25, 0.3) is 0 Å². The van der Waals surface area contributed by atoms with Crippen LogP contribution in [-0.2, 0) is 19.9 Å². The van der Waals surface area contributed by atoms with Crippen LogP contribution in [0, 0.1) is 0 Å². The molecular formula is C9H18ClNO4S2. The number of hydrogen-bond acceptors (Lipinski definition) is 4. The average molecular weight is 304 g/mol. The summed E-state index contributed by atoms with van der Waals surface area (Å²) in [7, 11) is -6.42. The third-order valence-corrected chi connectivity index (χ3v) is 6.88. The first kappa shape index (κ1) is 15.2. The van der Waals surface area contributed by atoms with E-state index in [4.69, 9.17) is 11.6 Å². The molecule has 0 aliphatic carbocycles. The van der Waals surface area contributed by atoms with E-state index in [1.54, 1.807) is 6.92 Å². The molecule has 0 aromatic heterocycles. The summed E-state index contributed by atoms with van der Waals surface area (Å²) < 4.78 is 48.0. The van der Waals surface area contributed by atoms with Crippen LogP contribution >= 0.6 is 11.6 Å². The van der Waals surface area contributed by atoms with Gasteiger partial charge in [-0.25, -0.2) is 16.8 Å². The van der Waals surface area contributed by atoms with E-state index in [1.807, 2.05) is 0 Å². The standard InChI is InChI=1S/C9H18ClNO4S2/c1-9-8-16(12,13)7-5-11(9)17(14,15)6-3-2-4-10/h9H,2-8H2,1H3. The Hall–Kier alpha value is 0.150. The molecular weight excluding hydrogens is 286 g/mol. The predicted octanol–water partition coefficient (Wildman–Crippen LogP) is 0.454. The van der Waals surface area contributed by atoms with Gasteiger partial charge in [0, 0.05) is 18.5 Å². The van der Waals surface area contributed by atoms with Crippen molar-refractivity contribution in [1.29, 1.82) is 0 Å². The van der Waals surface area contributed by atoms with Crippen LogP contribution in [0.2, 0.25) is 0 Å². The third-order valence-electron chi connectivity index (χ3n) is 2.75. The minimum atomic E-state index is -3.34. The van der Waals surface area contributed by atoms with Gasteiger partial charge in [-0.3, -0.25) is 0 Å². The maximum atomic E-state index is 12.0. The topological polar surface area (TPSA) is 71.5 Å². The Balaban J connectivity index is 2.67. The monoisotopic (exact) mass is 303 g/mol. The normalized spacial score (nSPS) is 25.9. The number of halogens is 1. The van der Waals surface area contributed by atoms with E-state index in [0.29, 0.717) is 18.7 Å². The van der Waals surface area contributed by atoms with E-state index < -0.39 is 25.9 Å². The van der Waals surface area contributed by atoms with Crippen LogP contribution in [0.1, 0.15) is 19.8 Å². The van der Waals surface area contributed by atoms with Gasteiger partial charge in [0.2, 0.25) is 10.0 Å². The van der Waals surface area contributed by atoms with Crippen LogP contribution in [0.15, 0.2) is 0 Å². The second-order valence-electron chi connectivity index (χ2n) is 4.29. The smallest absolute Gasteiger partial charge is 0.214 e. The quantitative estimate of drug-likeness (QED) is 0.546. The summed E-state index contributed by atoms with van der Waals surface area (Å²) in [6.45, 7) is 1.71. The molecule has 1 fully saturated rings. The molecule has 1 rings (SSSR count). The Labute approximate surface area is 108 Å². The fraction of sp³-hybridized carbons (Fsp3) is 1.00. The zero-order valence-electron chi connectivity index (χ0n) is 9.80. The molecule has 0 bridgehead atoms. The summed E-state index contributed by atoms with van der Waals surface area (Å²) in [6, 6.07) is -0.463. The third kappa shape index (κ3) is 4.39. The second-order valence-corrected chi connectivity index (χ2v) is 8.93. The molecule has 5 nitrogen and oxygen atoms in total. The molecule has 0 saturated carbocycles. The minimum Gasteiger partial charge on any atom is -0.229 e. The fourth-order valence-electron chi connectivity index (χ4n) is 1.89. The Bertz CT molecular complexity index is 446. The van der Waals surface area contributed by atoms with Gasteiger partial charge in [0.05, 0.1) is 17.3 Å². The first-order valence-electron chi connectivity index (χ1n) is 5.54. The highest BCUT2D eigenvalue weighted by molar-refractivity contribution is 7.92. The van der Waals surface area contributed by atoms with Crippen molar-refractivity contribution in [3.63, 3.8) is 0 Å². The van der Waals surface area contributed by atoms with Gasteiger partial charge >= 0.3 is 0 Å². The maximum Gasteiger partial charge on any atom is 0.214 e. The van der Waals surface area contributed by atoms with Crippen molar-refractivity contribution in [3.05, 3.63) is 0 Å². The molecule has 1 aliphatic heterocycles. The lowest BCUT2D eigenvalue weighted by atomic mass is 10.4. The van der Waals surface area contributed by atoms with Gasteiger partial charge in [-0.1, -0.05) is 0 Å². The molecule has 1 aliphatic rings. The number of sulfone groups is 1. The molecule has 1 heterocycles. The number of unbranched alkanes of at least 4 members (excludes halogenated alkanes) is 1. The molecule has 0 aromatic rings. The molecule has 1 saturated heterocycles. The molecule has 8 heteroatoms. The zero-order chi connectivity index (χ0) is 13.1. The van der Waals surface area contributed by atoms with Crippen molar-refractivity contribution in [2.24, 2.45) is 0 Å². The zero-order valence-corrected chi connectivity index (χ0v) is 12.2. The highest BCUT2D eigenvalue weighted by Gasteiger charge is 2.34. The predicted molar refractivity (Wildman–Crippen MR) is 68.6 cm³/mol. The van der Waals surface area contributed by atoms with Gasteiger partial charge in [-0.05, 0) is 19.8 Å². The summed E-state index contributed by atoms with van der Waals surface area (Å²) in [6.07, 6.45) is 1.17. The lowest BCUT2D eigenvalue weighted by molar-refractivity contribution is 0.356. The van der Waals surface area contributed by atoms with Gasteiger partial charge in [0.1, 0.15) is 0 Å². The first-order chi connectivity index (χ1) is 7.78. The van der Waals surface area contributed by atoms with E-state index >= 15 is 0 Å². The molecule has 17 heavy (non-hydrogen) atoms. The van der Waals surface area contributed by atoms with Gasteiger partial charge < -0.3 is 0 Å². The highest BCUT2D eigenvalue weighted by atomic mass is 35.5. The second kappa shape index (κ2) is 5.86. The van der Waals surface area contributed by atoms with Crippen LogP contribution < -0.4 is 0 Å². The molecule has 102 valence electrons. The van der Waals surface area contributed by atoms with Crippen molar-refractivity contribution in [3.8, 4) is 0 Å². The summed E-state index contributed by atoms with van der Waals surface area (Å²) in [4.78, 5) is 0. The summed E-state index contributed by atoms with van der Waals surface area (Å²) in [5.74, 6) is 0.331. The molecule has 0 amide bonds. The Morgan fingerprint density at radius 1 is 1.35 bits per heavy atom. The van der Waals surface area contributed by atoms with Crippen LogP contribution in [0.4, 0.5) is 0 Å². The SMILES string of the molecule is CC1CS(=O)(=O)CCN1S(=O)(=O)CCCCCl. The molecule has 0 N–H and O–H groups in total. The molecule has 0 radical (unpaired) electrons. The van der Waals surface area contributed by atoms with Crippen LogP contribution in [-0.4, -0.2) is 56.9 Å². The van der Waals surface area contributed by atoms with Crippen LogP contribution in [0.5, 0.6) is 0 Å². The first-order valence-corrected chi connectivity index (χ1v) is 9.51. The van der Waals surface area contributed by atoms with Crippen molar-refractivity contribution >= 4 is 31.5 Å². The minimum absolute atomic E-state index is 0.0457. The van der Waals surface area contributed by atoms with Crippen LogP contribution in [0.25, 0.3) is 0 Å². The van der Waals surface area contributed by atoms with Crippen molar-refractivity contribution in [1.82, 2.24) is 4.31 Å². The summed E-state index contributed by atoms with van der Waals surface area (Å²) in [5.41, 5.74) is 0. The molecule has 0 aromatic carbocycles. The van der Waals surface area contributed by atoms with Gasteiger partial charge in [0.15, 0.2) is 9.84 Å². The fourth-order valence-corrected chi connectivity index (χ4v) is 5.64. The molecule has 1 atom stereocenters. The van der Waals surface area contributed by atoms with Crippen molar-refractivity contribution < 1.29 is 16.8 Å².